The molecule has 3 aromatic rings. The molecule has 8 heteroatoms. The minimum Gasteiger partial charge on any atom is -0.493 e. The maximum Gasteiger partial charge on any atom is 0.267 e. The zero-order valence-corrected chi connectivity index (χ0v) is 15.3. The van der Waals surface area contributed by atoms with E-state index in [2.05, 4.69) is 15.5 Å². The SMILES string of the molecule is Cc1ccc(OCCSc2nnc(NC(=O)c3cccs3)s2)cc1. The normalized spacial score (nSPS) is 10.5. The summed E-state index contributed by atoms with van der Waals surface area (Å²) in [6.07, 6.45) is 0. The summed E-state index contributed by atoms with van der Waals surface area (Å²) in [5.74, 6) is 1.48. The summed E-state index contributed by atoms with van der Waals surface area (Å²) in [6.45, 7) is 2.63. The molecule has 5 nitrogen and oxygen atoms in total. The van der Waals surface area contributed by atoms with Crippen molar-refractivity contribution in [2.45, 2.75) is 11.3 Å². The molecule has 0 saturated carbocycles. The van der Waals surface area contributed by atoms with Gasteiger partial charge < -0.3 is 4.74 Å². The average Bonchev–Trinajstić information content (AvgIpc) is 3.25. The molecule has 0 aliphatic rings. The van der Waals surface area contributed by atoms with E-state index in [1.54, 1.807) is 17.8 Å². The molecule has 0 aliphatic heterocycles. The Labute approximate surface area is 152 Å². The number of carbonyl (C=O) groups excluding carboxylic acids is 1. The zero-order valence-electron chi connectivity index (χ0n) is 12.9. The van der Waals surface area contributed by atoms with Crippen LogP contribution in [0, 0.1) is 6.92 Å². The molecule has 0 spiro atoms. The number of hydrogen-bond donors (Lipinski definition) is 1. The van der Waals surface area contributed by atoms with Gasteiger partial charge in [-0.2, -0.15) is 0 Å². The third-order valence-electron chi connectivity index (χ3n) is 2.97. The second-order valence-electron chi connectivity index (χ2n) is 4.81. The van der Waals surface area contributed by atoms with Crippen molar-refractivity contribution in [2.75, 3.05) is 17.7 Å². The predicted octanol–water partition coefficient (Wildman–Crippen LogP) is 4.33. The number of aromatic nitrogens is 2. The Bertz CT molecular complexity index is 785. The summed E-state index contributed by atoms with van der Waals surface area (Å²) in [7, 11) is 0. The van der Waals surface area contributed by atoms with Crippen LogP contribution in [0.25, 0.3) is 0 Å². The van der Waals surface area contributed by atoms with Crippen LogP contribution in [0.15, 0.2) is 46.1 Å². The maximum absolute atomic E-state index is 11.9. The molecule has 0 bridgehead atoms. The van der Waals surface area contributed by atoms with Crippen molar-refractivity contribution < 1.29 is 9.53 Å². The number of anilines is 1. The van der Waals surface area contributed by atoms with Gasteiger partial charge in [-0.15, -0.1) is 21.5 Å². The summed E-state index contributed by atoms with van der Waals surface area (Å²) in [6, 6.07) is 11.6. The first kappa shape index (κ1) is 16.9. The van der Waals surface area contributed by atoms with E-state index >= 15 is 0 Å². The quantitative estimate of drug-likeness (QED) is 0.377. The first-order valence-corrected chi connectivity index (χ1v) is 9.89. The van der Waals surface area contributed by atoms with E-state index < -0.39 is 0 Å². The first-order valence-electron chi connectivity index (χ1n) is 7.21. The molecule has 0 radical (unpaired) electrons. The number of ether oxygens (including phenoxy) is 1. The lowest BCUT2D eigenvalue weighted by Crippen LogP contribution is -2.09. The van der Waals surface area contributed by atoms with Crippen molar-refractivity contribution in [3.63, 3.8) is 0 Å². The molecule has 0 fully saturated rings. The van der Waals surface area contributed by atoms with Crippen LogP contribution < -0.4 is 10.1 Å². The molecule has 1 N–H and O–H groups in total. The summed E-state index contributed by atoms with van der Waals surface area (Å²) in [4.78, 5) is 12.6. The number of aryl methyl sites for hydroxylation is 1. The molecule has 0 atom stereocenters. The highest BCUT2D eigenvalue weighted by atomic mass is 32.2. The Morgan fingerprint density at radius 3 is 2.83 bits per heavy atom. The number of carbonyl (C=O) groups is 1. The van der Waals surface area contributed by atoms with E-state index in [0.717, 1.165) is 15.8 Å². The monoisotopic (exact) mass is 377 g/mol. The van der Waals surface area contributed by atoms with Gasteiger partial charge in [-0.25, -0.2) is 0 Å². The summed E-state index contributed by atoms with van der Waals surface area (Å²) in [5.41, 5.74) is 1.21. The third-order valence-corrected chi connectivity index (χ3v) is 5.78. The molecule has 0 aliphatic carbocycles. The number of benzene rings is 1. The Kier molecular flexibility index (Phi) is 5.84. The topological polar surface area (TPSA) is 64.1 Å². The average molecular weight is 378 g/mol. The molecular weight excluding hydrogens is 362 g/mol. The smallest absolute Gasteiger partial charge is 0.267 e. The van der Waals surface area contributed by atoms with Crippen LogP contribution in [-0.2, 0) is 0 Å². The first-order chi connectivity index (χ1) is 11.7. The number of hydrogen-bond acceptors (Lipinski definition) is 7. The molecule has 0 unspecified atom stereocenters. The van der Waals surface area contributed by atoms with Crippen molar-refractivity contribution in [3.8, 4) is 5.75 Å². The standard InChI is InChI=1S/C16H15N3O2S3/c1-11-4-6-12(7-5-11)21-8-10-23-16-19-18-15(24-16)17-14(20)13-3-2-9-22-13/h2-7,9H,8,10H2,1H3,(H,17,18,20). The van der Waals surface area contributed by atoms with E-state index in [-0.39, 0.29) is 5.91 Å². The van der Waals surface area contributed by atoms with Crippen LogP contribution in [0.4, 0.5) is 5.13 Å². The van der Waals surface area contributed by atoms with E-state index in [0.29, 0.717) is 16.6 Å². The lowest BCUT2D eigenvalue weighted by atomic mass is 10.2. The largest absolute Gasteiger partial charge is 0.493 e. The maximum atomic E-state index is 11.9. The van der Waals surface area contributed by atoms with Crippen LogP contribution in [0.5, 0.6) is 5.75 Å². The lowest BCUT2D eigenvalue weighted by molar-refractivity contribution is 0.103. The molecule has 2 heterocycles. The Morgan fingerprint density at radius 1 is 1.25 bits per heavy atom. The van der Waals surface area contributed by atoms with Crippen LogP contribution in [0.3, 0.4) is 0 Å². The number of rotatable bonds is 7. The number of thiophene rings is 1. The van der Waals surface area contributed by atoms with Crippen LogP contribution in [0.1, 0.15) is 15.2 Å². The van der Waals surface area contributed by atoms with Crippen molar-refractivity contribution in [3.05, 3.63) is 52.2 Å². The van der Waals surface area contributed by atoms with Gasteiger partial charge in [0.2, 0.25) is 5.13 Å². The lowest BCUT2D eigenvalue weighted by Gasteiger charge is -2.04. The molecule has 1 aromatic carbocycles. The highest BCUT2D eigenvalue weighted by molar-refractivity contribution is 8.01. The predicted molar refractivity (Wildman–Crippen MR) is 99.6 cm³/mol. The van der Waals surface area contributed by atoms with Crippen LogP contribution in [-0.4, -0.2) is 28.5 Å². The number of nitrogens with one attached hydrogen (secondary N) is 1. The Hall–Kier alpha value is -1.90. The van der Waals surface area contributed by atoms with Crippen molar-refractivity contribution in [1.82, 2.24) is 10.2 Å². The number of amides is 1. The fourth-order valence-corrected chi connectivity index (χ4v) is 4.06. The fourth-order valence-electron chi connectivity index (χ4n) is 1.81. The third kappa shape index (κ3) is 4.80. The van der Waals surface area contributed by atoms with Gasteiger partial charge in [0.05, 0.1) is 11.5 Å². The van der Waals surface area contributed by atoms with Gasteiger partial charge in [-0.05, 0) is 30.5 Å². The van der Waals surface area contributed by atoms with Gasteiger partial charge in [0.1, 0.15) is 5.75 Å². The van der Waals surface area contributed by atoms with Crippen molar-refractivity contribution >= 4 is 45.5 Å². The minimum atomic E-state index is -0.152. The second kappa shape index (κ2) is 8.27. The summed E-state index contributed by atoms with van der Waals surface area (Å²) >= 11 is 4.32. The molecule has 1 amide bonds. The molecule has 24 heavy (non-hydrogen) atoms. The Morgan fingerprint density at radius 2 is 2.08 bits per heavy atom. The molecular formula is C16H15N3O2S3. The van der Waals surface area contributed by atoms with Crippen LogP contribution >= 0.6 is 34.4 Å². The molecule has 124 valence electrons. The van der Waals surface area contributed by atoms with E-state index in [9.17, 15) is 4.79 Å². The highest BCUT2D eigenvalue weighted by Gasteiger charge is 2.11. The van der Waals surface area contributed by atoms with E-state index in [1.807, 2.05) is 42.6 Å². The molecule has 2 aromatic heterocycles. The van der Waals surface area contributed by atoms with Crippen molar-refractivity contribution in [1.29, 1.82) is 0 Å². The summed E-state index contributed by atoms with van der Waals surface area (Å²) < 4.78 is 6.48. The van der Waals surface area contributed by atoms with Gasteiger partial charge in [0.15, 0.2) is 4.34 Å². The van der Waals surface area contributed by atoms with Gasteiger partial charge in [-0.1, -0.05) is 46.9 Å². The van der Waals surface area contributed by atoms with Gasteiger partial charge in [0, 0.05) is 5.75 Å². The van der Waals surface area contributed by atoms with Gasteiger partial charge in [-0.3, -0.25) is 10.1 Å². The second-order valence-corrected chi connectivity index (χ2v) is 8.08. The van der Waals surface area contributed by atoms with Crippen LogP contribution in [0.2, 0.25) is 0 Å². The van der Waals surface area contributed by atoms with Crippen molar-refractivity contribution in [2.24, 2.45) is 0 Å². The summed E-state index contributed by atoms with van der Waals surface area (Å²) in [5, 5.41) is 13.2. The number of nitrogens with zero attached hydrogens (tertiary/aromatic N) is 2. The van der Waals surface area contributed by atoms with Gasteiger partial charge >= 0.3 is 0 Å². The van der Waals surface area contributed by atoms with E-state index in [1.165, 1.54) is 28.2 Å². The zero-order chi connectivity index (χ0) is 16.8. The minimum absolute atomic E-state index is 0.152. The Balaban J connectivity index is 1.42. The van der Waals surface area contributed by atoms with Gasteiger partial charge in [0.25, 0.3) is 5.91 Å². The molecule has 0 saturated heterocycles. The fraction of sp³-hybridized carbons (Fsp3) is 0.188. The molecule has 3 rings (SSSR count). The highest BCUT2D eigenvalue weighted by Crippen LogP contribution is 2.26. The number of thioether (sulfide) groups is 1. The van der Waals surface area contributed by atoms with E-state index in [4.69, 9.17) is 4.74 Å².